The fourth-order valence-electron chi connectivity index (χ4n) is 1.75. The maximum Gasteiger partial charge on any atom is 0.323 e. The summed E-state index contributed by atoms with van der Waals surface area (Å²) < 4.78 is 5.26. The molecule has 0 amide bonds. The van der Waals surface area contributed by atoms with Gasteiger partial charge in [-0.3, -0.25) is 4.79 Å². The van der Waals surface area contributed by atoms with Crippen LogP contribution in [0.5, 0.6) is 0 Å². The molecule has 1 aliphatic heterocycles. The van der Waals surface area contributed by atoms with E-state index in [-0.39, 0.29) is 11.9 Å². The average Bonchev–Trinajstić information content (AvgIpc) is 2.15. The Labute approximate surface area is 91.5 Å². The Morgan fingerprint density at radius 3 is 2.67 bits per heavy atom. The Morgan fingerprint density at radius 1 is 1.53 bits per heavy atom. The second-order valence-corrected chi connectivity index (χ2v) is 5.17. The Hall–Kier alpha value is -0.610. The van der Waals surface area contributed by atoms with Crippen molar-refractivity contribution >= 4 is 5.97 Å². The lowest BCUT2D eigenvalue weighted by Crippen LogP contribution is -2.47. The third-order valence-corrected chi connectivity index (χ3v) is 2.52. The minimum atomic E-state index is -0.489. The summed E-state index contributed by atoms with van der Waals surface area (Å²) in [5, 5.41) is 3.25. The van der Waals surface area contributed by atoms with Crippen LogP contribution in [0.2, 0.25) is 0 Å². The maximum absolute atomic E-state index is 11.7. The molecule has 0 aromatic heterocycles. The fraction of sp³-hybridized carbons (Fsp3) is 0.909. The molecule has 1 rings (SSSR count). The minimum absolute atomic E-state index is 0.216. The summed E-state index contributed by atoms with van der Waals surface area (Å²) in [6.07, 6.45) is 2.09. The molecule has 15 heavy (non-hydrogen) atoms. The minimum Gasteiger partial charge on any atom is -0.459 e. The molecule has 4 heteroatoms. The van der Waals surface area contributed by atoms with Gasteiger partial charge in [0.1, 0.15) is 11.6 Å². The molecule has 0 aliphatic carbocycles. The molecule has 1 saturated heterocycles. The lowest BCUT2D eigenvalue weighted by Gasteiger charge is -2.29. The monoisotopic (exact) mass is 214 g/mol. The number of ether oxygens (including phenoxy) is 1. The van der Waals surface area contributed by atoms with E-state index in [0.29, 0.717) is 0 Å². The molecule has 2 unspecified atom stereocenters. The average molecular weight is 214 g/mol. The van der Waals surface area contributed by atoms with Crippen molar-refractivity contribution in [2.45, 2.75) is 45.3 Å². The van der Waals surface area contributed by atoms with Gasteiger partial charge in [-0.2, -0.15) is 0 Å². The quantitative estimate of drug-likeness (QED) is 0.663. The highest BCUT2D eigenvalue weighted by molar-refractivity contribution is 5.76. The molecule has 4 nitrogen and oxygen atoms in total. The highest BCUT2D eigenvalue weighted by Gasteiger charge is 2.29. The van der Waals surface area contributed by atoms with Gasteiger partial charge in [-0.25, -0.2) is 0 Å². The van der Waals surface area contributed by atoms with E-state index in [9.17, 15) is 4.79 Å². The first kappa shape index (κ1) is 12.5. The van der Waals surface area contributed by atoms with E-state index in [0.717, 1.165) is 25.9 Å². The fourth-order valence-corrected chi connectivity index (χ4v) is 1.75. The van der Waals surface area contributed by atoms with E-state index in [2.05, 4.69) is 5.32 Å². The second kappa shape index (κ2) is 4.94. The molecule has 1 heterocycles. The van der Waals surface area contributed by atoms with Crippen LogP contribution in [0, 0.1) is 5.92 Å². The number of hydrogen-bond donors (Lipinski definition) is 2. The van der Waals surface area contributed by atoms with Gasteiger partial charge in [0.15, 0.2) is 0 Å². The number of hydrogen-bond acceptors (Lipinski definition) is 4. The summed E-state index contributed by atoms with van der Waals surface area (Å²) in [7, 11) is 0. The van der Waals surface area contributed by atoms with Gasteiger partial charge in [0, 0.05) is 6.54 Å². The van der Waals surface area contributed by atoms with E-state index in [1.165, 1.54) is 0 Å². The zero-order valence-electron chi connectivity index (χ0n) is 9.88. The smallest absolute Gasteiger partial charge is 0.323 e. The molecule has 0 saturated carbocycles. The molecule has 0 radical (unpaired) electrons. The van der Waals surface area contributed by atoms with Gasteiger partial charge >= 0.3 is 5.97 Å². The van der Waals surface area contributed by atoms with Crippen molar-refractivity contribution in [1.82, 2.24) is 5.32 Å². The molecule has 0 aromatic carbocycles. The van der Waals surface area contributed by atoms with Crippen LogP contribution in [0.25, 0.3) is 0 Å². The maximum atomic E-state index is 11.7. The third-order valence-electron chi connectivity index (χ3n) is 2.52. The number of carbonyl (C=O) groups excluding carboxylic acids is 1. The molecule has 2 atom stereocenters. The molecule has 1 fully saturated rings. The van der Waals surface area contributed by atoms with Gasteiger partial charge in [0.2, 0.25) is 0 Å². The van der Waals surface area contributed by atoms with Crippen molar-refractivity contribution in [2.75, 3.05) is 13.1 Å². The number of piperidine rings is 1. The lowest BCUT2D eigenvalue weighted by molar-refractivity contribution is -0.158. The number of nitrogens with two attached hydrogens (primary N) is 1. The summed E-state index contributed by atoms with van der Waals surface area (Å²) in [5.41, 5.74) is 5.44. The van der Waals surface area contributed by atoms with Gasteiger partial charge in [0.05, 0.1) is 0 Å². The SMILES string of the molecule is CC(C)(C)OC(=O)C(N)C1CCCNC1. The summed E-state index contributed by atoms with van der Waals surface area (Å²) in [6, 6.07) is -0.489. The van der Waals surface area contributed by atoms with Gasteiger partial charge in [-0.15, -0.1) is 0 Å². The summed E-state index contributed by atoms with van der Waals surface area (Å²) in [4.78, 5) is 11.7. The van der Waals surface area contributed by atoms with Crippen LogP contribution in [0.1, 0.15) is 33.6 Å². The van der Waals surface area contributed by atoms with Gasteiger partial charge in [0.25, 0.3) is 0 Å². The largest absolute Gasteiger partial charge is 0.459 e. The van der Waals surface area contributed by atoms with Crippen molar-refractivity contribution in [3.05, 3.63) is 0 Å². The number of rotatable bonds is 2. The van der Waals surface area contributed by atoms with Crippen LogP contribution < -0.4 is 11.1 Å². The Bertz CT molecular complexity index is 217. The van der Waals surface area contributed by atoms with E-state index in [1.54, 1.807) is 0 Å². The molecule has 0 spiro atoms. The molecule has 1 aliphatic rings. The third kappa shape index (κ3) is 4.18. The summed E-state index contributed by atoms with van der Waals surface area (Å²) in [6.45, 7) is 7.42. The molecule has 0 bridgehead atoms. The van der Waals surface area contributed by atoms with Crippen molar-refractivity contribution < 1.29 is 9.53 Å². The zero-order valence-corrected chi connectivity index (χ0v) is 9.88. The van der Waals surface area contributed by atoms with Crippen molar-refractivity contribution in [1.29, 1.82) is 0 Å². The van der Waals surface area contributed by atoms with Crippen LogP contribution in [0.4, 0.5) is 0 Å². The van der Waals surface area contributed by atoms with Gasteiger partial charge < -0.3 is 15.8 Å². The van der Waals surface area contributed by atoms with Crippen LogP contribution in [0.3, 0.4) is 0 Å². The first-order valence-electron chi connectivity index (χ1n) is 5.59. The van der Waals surface area contributed by atoms with E-state index in [1.807, 2.05) is 20.8 Å². The number of nitrogens with one attached hydrogen (secondary N) is 1. The van der Waals surface area contributed by atoms with Crippen LogP contribution in [-0.4, -0.2) is 30.7 Å². The molecule has 3 N–H and O–H groups in total. The predicted molar refractivity (Wildman–Crippen MR) is 59.4 cm³/mol. The first-order valence-corrected chi connectivity index (χ1v) is 5.59. The Balaban J connectivity index is 2.44. The normalized spacial score (nSPS) is 24.7. The summed E-state index contributed by atoms with van der Waals surface area (Å²) >= 11 is 0. The Kier molecular flexibility index (Phi) is 4.11. The van der Waals surface area contributed by atoms with Crippen molar-refractivity contribution in [2.24, 2.45) is 11.7 Å². The van der Waals surface area contributed by atoms with Gasteiger partial charge in [-0.1, -0.05) is 0 Å². The number of carbonyl (C=O) groups is 1. The van der Waals surface area contributed by atoms with Crippen LogP contribution in [-0.2, 0) is 9.53 Å². The van der Waals surface area contributed by atoms with E-state index >= 15 is 0 Å². The van der Waals surface area contributed by atoms with E-state index in [4.69, 9.17) is 10.5 Å². The molecule has 88 valence electrons. The molecular formula is C11H22N2O2. The Morgan fingerprint density at radius 2 is 2.20 bits per heavy atom. The first-order chi connectivity index (χ1) is 6.90. The van der Waals surface area contributed by atoms with Crippen LogP contribution in [0.15, 0.2) is 0 Å². The highest BCUT2D eigenvalue weighted by Crippen LogP contribution is 2.16. The second-order valence-electron chi connectivity index (χ2n) is 5.17. The number of esters is 1. The van der Waals surface area contributed by atoms with Gasteiger partial charge in [-0.05, 0) is 46.1 Å². The van der Waals surface area contributed by atoms with Crippen molar-refractivity contribution in [3.8, 4) is 0 Å². The summed E-state index contributed by atoms with van der Waals surface area (Å²) in [5.74, 6) is -0.0650. The highest BCUT2D eigenvalue weighted by atomic mass is 16.6. The topological polar surface area (TPSA) is 64.3 Å². The van der Waals surface area contributed by atoms with Crippen LogP contribution >= 0.6 is 0 Å². The standard InChI is InChI=1S/C11H22N2O2/c1-11(2,3)15-10(14)9(12)8-5-4-6-13-7-8/h8-9,13H,4-7,12H2,1-3H3. The van der Waals surface area contributed by atoms with E-state index < -0.39 is 11.6 Å². The molecule has 0 aromatic rings. The predicted octanol–water partition coefficient (Wildman–Crippen LogP) is 0.655. The zero-order chi connectivity index (χ0) is 11.5. The lowest BCUT2D eigenvalue weighted by atomic mass is 9.92. The molecular weight excluding hydrogens is 192 g/mol. The van der Waals surface area contributed by atoms with Crippen molar-refractivity contribution in [3.63, 3.8) is 0 Å².